The van der Waals surface area contributed by atoms with Crippen LogP contribution in [0.3, 0.4) is 0 Å². The number of ketones is 1. The van der Waals surface area contributed by atoms with Gasteiger partial charge in [0.15, 0.2) is 5.78 Å². The summed E-state index contributed by atoms with van der Waals surface area (Å²) in [6.45, 7) is 2.03. The summed E-state index contributed by atoms with van der Waals surface area (Å²) in [5.41, 5.74) is 1.20. The van der Waals surface area contributed by atoms with Crippen molar-refractivity contribution >= 4 is 5.78 Å². The second kappa shape index (κ2) is 4.70. The Hall–Kier alpha value is -1.11. The second-order valence-corrected chi connectivity index (χ2v) is 3.03. The maximum atomic E-state index is 11.1. The third-order valence-corrected chi connectivity index (χ3v) is 1.82. The van der Waals surface area contributed by atoms with Crippen molar-refractivity contribution in [1.82, 2.24) is 0 Å². The third-order valence-electron chi connectivity index (χ3n) is 1.82. The molecule has 0 N–H and O–H groups in total. The molecule has 1 rings (SSSR count). The van der Waals surface area contributed by atoms with Gasteiger partial charge in [-0.25, -0.2) is 0 Å². The largest absolute Gasteiger partial charge is 0.295 e. The SMILES string of the molecule is CC1=C/C=C/C(=O)CCC\C=C\1. The Balaban J connectivity index is 2.69. The van der Waals surface area contributed by atoms with Gasteiger partial charge in [-0.3, -0.25) is 4.79 Å². The molecule has 1 aliphatic rings. The Kier molecular flexibility index (Phi) is 3.52. The zero-order valence-corrected chi connectivity index (χ0v) is 7.42. The summed E-state index contributed by atoms with van der Waals surface area (Å²) in [5.74, 6) is 0.231. The van der Waals surface area contributed by atoms with E-state index in [0.717, 1.165) is 12.8 Å². The fourth-order valence-electron chi connectivity index (χ4n) is 1.11. The van der Waals surface area contributed by atoms with Gasteiger partial charge in [-0.1, -0.05) is 29.9 Å². The van der Waals surface area contributed by atoms with Crippen LogP contribution in [0, 0.1) is 0 Å². The lowest BCUT2D eigenvalue weighted by molar-refractivity contribution is -0.114. The fraction of sp³-hybridized carbons (Fsp3) is 0.364. The van der Waals surface area contributed by atoms with E-state index in [0.29, 0.717) is 6.42 Å². The van der Waals surface area contributed by atoms with Crippen molar-refractivity contribution in [2.75, 3.05) is 0 Å². The molecule has 0 aliphatic heterocycles. The van der Waals surface area contributed by atoms with Crippen molar-refractivity contribution in [1.29, 1.82) is 0 Å². The molecule has 0 fully saturated rings. The molecular formula is C11H14O. The van der Waals surface area contributed by atoms with Crippen LogP contribution in [0.4, 0.5) is 0 Å². The molecule has 0 amide bonds. The maximum Gasteiger partial charge on any atom is 0.155 e. The molecule has 0 atom stereocenters. The Morgan fingerprint density at radius 1 is 1.33 bits per heavy atom. The van der Waals surface area contributed by atoms with Crippen molar-refractivity contribution < 1.29 is 4.79 Å². The first-order chi connectivity index (χ1) is 5.79. The minimum Gasteiger partial charge on any atom is -0.295 e. The molecule has 0 aromatic heterocycles. The quantitative estimate of drug-likeness (QED) is 0.535. The molecule has 12 heavy (non-hydrogen) atoms. The fourth-order valence-corrected chi connectivity index (χ4v) is 1.11. The molecule has 0 radical (unpaired) electrons. The van der Waals surface area contributed by atoms with Crippen molar-refractivity contribution in [3.05, 3.63) is 36.0 Å². The van der Waals surface area contributed by atoms with E-state index in [1.807, 2.05) is 19.1 Å². The molecule has 0 spiro atoms. The minimum absolute atomic E-state index is 0.231. The summed E-state index contributed by atoms with van der Waals surface area (Å²) in [6, 6.07) is 0. The van der Waals surface area contributed by atoms with Crippen LogP contribution < -0.4 is 0 Å². The van der Waals surface area contributed by atoms with Crippen LogP contribution in [-0.4, -0.2) is 5.78 Å². The number of hydrogen-bond acceptors (Lipinski definition) is 1. The van der Waals surface area contributed by atoms with Gasteiger partial charge in [-0.15, -0.1) is 0 Å². The van der Waals surface area contributed by atoms with E-state index in [1.165, 1.54) is 5.57 Å². The van der Waals surface area contributed by atoms with Crippen molar-refractivity contribution in [2.45, 2.75) is 26.2 Å². The van der Waals surface area contributed by atoms with Crippen LogP contribution in [-0.2, 0) is 4.79 Å². The number of allylic oxidation sites excluding steroid dienone is 6. The standard InChI is InChI=1S/C11H14O/c1-10-6-3-2-4-8-11(12)9-5-7-10/h3,5-7,9H,2,4,8H2,1H3/b6-3+,9-5+,10-7-. The highest BCUT2D eigenvalue weighted by atomic mass is 16.1. The molecule has 0 unspecified atom stereocenters. The normalized spacial score (nSPS) is 28.8. The summed E-state index contributed by atoms with van der Waals surface area (Å²) in [5, 5.41) is 0. The van der Waals surface area contributed by atoms with E-state index >= 15 is 0 Å². The van der Waals surface area contributed by atoms with Gasteiger partial charge in [0.25, 0.3) is 0 Å². The van der Waals surface area contributed by atoms with Gasteiger partial charge in [-0.2, -0.15) is 0 Å². The third kappa shape index (κ3) is 3.33. The van der Waals surface area contributed by atoms with E-state index in [4.69, 9.17) is 0 Å². The van der Waals surface area contributed by atoms with Gasteiger partial charge in [0.05, 0.1) is 0 Å². The van der Waals surface area contributed by atoms with E-state index in [1.54, 1.807) is 6.08 Å². The molecule has 0 heterocycles. The Bertz CT molecular complexity index is 244. The summed E-state index contributed by atoms with van der Waals surface area (Å²) in [7, 11) is 0. The van der Waals surface area contributed by atoms with Crippen molar-refractivity contribution in [3.63, 3.8) is 0 Å². The summed E-state index contributed by atoms with van der Waals surface area (Å²) < 4.78 is 0. The lowest BCUT2D eigenvalue weighted by atomic mass is 10.1. The summed E-state index contributed by atoms with van der Waals surface area (Å²) in [6.07, 6.45) is 12.3. The Morgan fingerprint density at radius 2 is 2.17 bits per heavy atom. The molecule has 1 heteroatoms. The van der Waals surface area contributed by atoms with Crippen LogP contribution >= 0.6 is 0 Å². The van der Waals surface area contributed by atoms with Gasteiger partial charge < -0.3 is 0 Å². The van der Waals surface area contributed by atoms with E-state index in [-0.39, 0.29) is 5.78 Å². The Morgan fingerprint density at radius 3 is 3.00 bits per heavy atom. The molecule has 0 saturated heterocycles. The first-order valence-electron chi connectivity index (χ1n) is 4.33. The lowest BCUT2D eigenvalue weighted by Gasteiger charge is -1.95. The topological polar surface area (TPSA) is 17.1 Å². The van der Waals surface area contributed by atoms with Crippen LogP contribution in [0.2, 0.25) is 0 Å². The van der Waals surface area contributed by atoms with Crippen LogP contribution in [0.5, 0.6) is 0 Å². The molecule has 0 aromatic rings. The van der Waals surface area contributed by atoms with E-state index < -0.39 is 0 Å². The van der Waals surface area contributed by atoms with Crippen molar-refractivity contribution in [2.24, 2.45) is 0 Å². The molecule has 64 valence electrons. The Labute approximate surface area is 73.5 Å². The molecule has 0 bridgehead atoms. The number of carbonyl (C=O) groups excluding carboxylic acids is 1. The highest BCUT2D eigenvalue weighted by Gasteiger charge is 1.95. The smallest absolute Gasteiger partial charge is 0.155 e. The van der Waals surface area contributed by atoms with Crippen molar-refractivity contribution in [3.8, 4) is 0 Å². The molecule has 1 aliphatic carbocycles. The lowest BCUT2D eigenvalue weighted by Crippen LogP contribution is -1.91. The second-order valence-electron chi connectivity index (χ2n) is 3.03. The predicted octanol–water partition coefficient (Wildman–Crippen LogP) is 2.80. The monoisotopic (exact) mass is 162 g/mol. The highest BCUT2D eigenvalue weighted by molar-refractivity contribution is 5.89. The van der Waals surface area contributed by atoms with E-state index in [9.17, 15) is 4.79 Å². The predicted molar refractivity (Wildman–Crippen MR) is 50.9 cm³/mol. The molecule has 1 nitrogen and oxygen atoms in total. The van der Waals surface area contributed by atoms with Crippen LogP contribution in [0.25, 0.3) is 0 Å². The minimum atomic E-state index is 0.231. The number of hydrogen-bond donors (Lipinski definition) is 0. The first kappa shape index (κ1) is 8.98. The average molecular weight is 162 g/mol. The van der Waals surface area contributed by atoms with E-state index in [2.05, 4.69) is 12.2 Å². The van der Waals surface area contributed by atoms with Crippen LogP contribution in [0.15, 0.2) is 36.0 Å². The van der Waals surface area contributed by atoms with Crippen LogP contribution in [0.1, 0.15) is 26.2 Å². The zero-order chi connectivity index (χ0) is 8.81. The van der Waals surface area contributed by atoms with Gasteiger partial charge >= 0.3 is 0 Å². The maximum absolute atomic E-state index is 11.1. The van der Waals surface area contributed by atoms with Gasteiger partial charge in [0.1, 0.15) is 0 Å². The molecule has 0 saturated carbocycles. The van der Waals surface area contributed by atoms with Gasteiger partial charge in [0, 0.05) is 6.42 Å². The average Bonchev–Trinajstić information content (AvgIpc) is 2.04. The highest BCUT2D eigenvalue weighted by Crippen LogP contribution is 2.04. The zero-order valence-electron chi connectivity index (χ0n) is 7.42. The molecule has 0 aromatic carbocycles. The summed E-state index contributed by atoms with van der Waals surface area (Å²) >= 11 is 0. The number of carbonyl (C=O) groups is 1. The van der Waals surface area contributed by atoms with Gasteiger partial charge in [-0.05, 0) is 25.8 Å². The number of rotatable bonds is 0. The summed E-state index contributed by atoms with van der Waals surface area (Å²) in [4.78, 5) is 11.1. The van der Waals surface area contributed by atoms with Gasteiger partial charge in [0.2, 0.25) is 0 Å². The molecular weight excluding hydrogens is 148 g/mol. The first-order valence-corrected chi connectivity index (χ1v) is 4.33.